The summed E-state index contributed by atoms with van der Waals surface area (Å²) in [5, 5.41) is 13.3. The molecule has 0 unspecified atom stereocenters. The van der Waals surface area contributed by atoms with Gasteiger partial charge in [0.2, 0.25) is 0 Å². The second kappa shape index (κ2) is 24.7. The normalized spacial score (nSPS) is 10.1. The Morgan fingerprint density at radius 1 is 0.636 bits per heavy atom. The molecule has 0 fully saturated rings. The molecule has 3 radical (unpaired) electrons. The van der Waals surface area contributed by atoms with E-state index in [4.69, 9.17) is 17.8 Å². The molecule has 0 rings (SSSR count). The van der Waals surface area contributed by atoms with Crippen molar-refractivity contribution in [2.75, 3.05) is 26.4 Å². The van der Waals surface area contributed by atoms with Gasteiger partial charge in [0.1, 0.15) is 29.1 Å². The van der Waals surface area contributed by atoms with Crippen LogP contribution < -0.4 is 0 Å². The summed E-state index contributed by atoms with van der Waals surface area (Å²) < 4.78 is 10.6. The van der Waals surface area contributed by atoms with Gasteiger partial charge in [0.05, 0.1) is 0 Å². The standard InChI is InChI=1S/2C4H10O.2C4H9O.Al.Y/c4*1-4(2)3-5;;/h2*4-5H,3H2,1-2H3;2*4H,3H2,1-2H3;;/q;;2*-1;+1;/p+2. The van der Waals surface area contributed by atoms with E-state index < -0.39 is 0 Å². The van der Waals surface area contributed by atoms with Crippen molar-refractivity contribution in [1.29, 1.82) is 0 Å². The van der Waals surface area contributed by atoms with Gasteiger partial charge in [-0.1, -0.05) is 55.4 Å². The summed E-state index contributed by atoms with van der Waals surface area (Å²) in [5.41, 5.74) is 0. The maximum absolute atomic E-state index is 6.66. The molecule has 22 heavy (non-hydrogen) atoms. The van der Waals surface area contributed by atoms with Crippen LogP contribution in [0.5, 0.6) is 0 Å². The molecule has 0 aromatic rings. The van der Waals surface area contributed by atoms with Gasteiger partial charge in [0.25, 0.3) is 0 Å². The third-order valence-corrected chi connectivity index (χ3v) is 2.47. The minimum Gasteiger partial charge on any atom is -0.679 e. The molecule has 0 heterocycles. The smallest absolute Gasteiger partial charge is 0.145 e. The van der Waals surface area contributed by atoms with E-state index in [0.29, 0.717) is 36.9 Å². The van der Waals surface area contributed by atoms with Crippen molar-refractivity contribution in [2.24, 2.45) is 23.7 Å². The molecule has 0 aromatic heterocycles. The van der Waals surface area contributed by atoms with Gasteiger partial charge in [0.15, 0.2) is 0 Å². The zero-order chi connectivity index (χ0) is 17.3. The first-order valence-electron chi connectivity index (χ1n) is 8.01. The van der Waals surface area contributed by atoms with Crippen LogP contribution in [0.25, 0.3) is 0 Å². The van der Waals surface area contributed by atoms with Crippen molar-refractivity contribution in [3.63, 3.8) is 0 Å². The molecule has 0 spiro atoms. The third-order valence-electron chi connectivity index (χ3n) is 1.81. The van der Waals surface area contributed by atoms with E-state index in [-0.39, 0.29) is 48.6 Å². The molecule has 0 bridgehead atoms. The van der Waals surface area contributed by atoms with Crippen molar-refractivity contribution in [3.8, 4) is 0 Å². The zero-order valence-electron chi connectivity index (χ0n) is 16.1. The summed E-state index contributed by atoms with van der Waals surface area (Å²) in [6, 6.07) is 0. The van der Waals surface area contributed by atoms with Crippen LogP contribution in [0.15, 0.2) is 0 Å². The second-order valence-corrected chi connectivity index (χ2v) is 7.61. The quantitative estimate of drug-likeness (QED) is 0.350. The van der Waals surface area contributed by atoms with Crippen LogP contribution in [0.4, 0.5) is 0 Å². The predicted octanol–water partition coefficient (Wildman–Crippen LogP) is 2.60. The van der Waals surface area contributed by atoms with Crippen LogP contribution in [0.3, 0.4) is 0 Å². The maximum atomic E-state index is 6.66. The first kappa shape index (κ1) is 31.3. The molecular formula is C16H40AlO4Y+. The zero-order valence-corrected chi connectivity index (χ0v) is 20.1. The van der Waals surface area contributed by atoms with Crippen LogP contribution in [0.2, 0.25) is 0 Å². The fourth-order valence-electron chi connectivity index (χ4n) is 0.512. The Balaban J connectivity index is -0.000000124. The summed E-state index contributed by atoms with van der Waals surface area (Å²) in [7, 11) is 0. The first-order valence-corrected chi connectivity index (χ1v) is 8.95. The fourth-order valence-corrected chi connectivity index (χ4v) is 1.53. The molecule has 0 aliphatic carbocycles. The van der Waals surface area contributed by atoms with Gasteiger partial charge in [-0.2, -0.15) is 0 Å². The number of hydrogen-bond acceptors (Lipinski definition) is 2. The summed E-state index contributed by atoms with van der Waals surface area (Å²) in [6.45, 7) is 19.5. The second-order valence-electron chi connectivity index (χ2n) is 6.75. The molecule has 133 valence electrons. The SMILES string of the molecule is CC(C)C[OH2+].CC(C)C[OH2+].CC(C)C[O][Al-][O]CC(C)C.[Y]. The summed E-state index contributed by atoms with van der Waals surface area (Å²) in [4.78, 5) is 0. The summed E-state index contributed by atoms with van der Waals surface area (Å²) in [5.74, 6) is 2.33. The maximum Gasteiger partial charge on any atom is 0.145 e. The van der Waals surface area contributed by atoms with E-state index in [1.165, 1.54) is 0 Å². The topological polar surface area (TPSA) is 64.3 Å². The minimum absolute atomic E-state index is 0. The van der Waals surface area contributed by atoms with Crippen molar-refractivity contribution in [2.45, 2.75) is 55.4 Å². The van der Waals surface area contributed by atoms with E-state index in [9.17, 15) is 0 Å². The molecule has 6 heteroatoms. The first-order chi connectivity index (χ1) is 9.67. The van der Waals surface area contributed by atoms with Crippen molar-refractivity contribution in [3.05, 3.63) is 0 Å². The Hall–Kier alpha value is 1.48. The van der Waals surface area contributed by atoms with E-state index >= 15 is 0 Å². The number of rotatable bonds is 8. The minimum atomic E-state index is -0.228. The Labute approximate surface area is 171 Å². The average Bonchev–Trinajstić information content (AvgIpc) is 2.38. The van der Waals surface area contributed by atoms with Gasteiger partial charge >= 0.3 is 0 Å². The Morgan fingerprint density at radius 2 is 0.864 bits per heavy atom. The molecule has 0 aromatic carbocycles. The van der Waals surface area contributed by atoms with Crippen LogP contribution in [-0.4, -0.2) is 52.5 Å². The van der Waals surface area contributed by atoms with Gasteiger partial charge < -0.3 is 17.8 Å². The molecule has 0 aliphatic rings. The van der Waals surface area contributed by atoms with Gasteiger partial charge in [-0.3, -0.25) is 0 Å². The molecule has 4 nitrogen and oxygen atoms in total. The molecule has 0 saturated heterocycles. The summed E-state index contributed by atoms with van der Waals surface area (Å²) in [6.07, 6.45) is 0. The van der Waals surface area contributed by atoms with Gasteiger partial charge in [-0.15, -0.1) is 0 Å². The Bertz CT molecular complexity index is 162. The van der Waals surface area contributed by atoms with Crippen LogP contribution in [0, 0.1) is 23.7 Å². The van der Waals surface area contributed by atoms with Crippen LogP contribution >= 0.6 is 0 Å². The van der Waals surface area contributed by atoms with Crippen LogP contribution in [-0.2, 0) is 40.3 Å². The molecule has 4 N–H and O–H groups in total. The van der Waals surface area contributed by atoms with Crippen LogP contribution in [0.1, 0.15) is 55.4 Å². The monoisotopic (exact) mass is 412 g/mol. The van der Waals surface area contributed by atoms with E-state index in [0.717, 1.165) is 13.2 Å². The fraction of sp³-hybridized carbons (Fsp3) is 1.00. The Kier molecular flexibility index (Phi) is 35.1. The molecule has 0 atom stereocenters. The van der Waals surface area contributed by atoms with Gasteiger partial charge in [0, 0.05) is 44.5 Å². The predicted molar refractivity (Wildman–Crippen MR) is 94.0 cm³/mol. The van der Waals surface area contributed by atoms with E-state index in [1.807, 2.05) is 27.7 Å². The van der Waals surface area contributed by atoms with Gasteiger partial charge in [-0.25, -0.2) is 0 Å². The average molecular weight is 412 g/mol. The molecule has 0 amide bonds. The molecule has 0 aliphatic heterocycles. The molecule has 0 saturated carbocycles. The largest absolute Gasteiger partial charge is 0.679 e. The van der Waals surface area contributed by atoms with E-state index in [2.05, 4.69) is 27.7 Å². The molecular weight excluding hydrogens is 372 g/mol. The number of hydrogen-bond donors (Lipinski definition) is 0. The van der Waals surface area contributed by atoms with E-state index in [1.54, 1.807) is 0 Å². The van der Waals surface area contributed by atoms with Crippen molar-refractivity contribution in [1.82, 2.24) is 0 Å². The Morgan fingerprint density at radius 3 is 1.00 bits per heavy atom. The van der Waals surface area contributed by atoms with Crippen molar-refractivity contribution >= 4 is 15.9 Å². The third kappa shape index (κ3) is 49.6. The van der Waals surface area contributed by atoms with Gasteiger partial charge in [-0.05, 0) is 25.0 Å². The van der Waals surface area contributed by atoms with Crippen molar-refractivity contribution < 1.29 is 50.5 Å². The summed E-state index contributed by atoms with van der Waals surface area (Å²) >= 11 is -0.228.